The lowest BCUT2D eigenvalue weighted by Gasteiger charge is -2.56. The summed E-state index contributed by atoms with van der Waals surface area (Å²) in [5.41, 5.74) is -1.35. The van der Waals surface area contributed by atoms with Crippen molar-refractivity contribution in [2.24, 2.45) is 5.41 Å². The van der Waals surface area contributed by atoms with Crippen LogP contribution < -0.4 is 0 Å². The highest BCUT2D eigenvalue weighted by Gasteiger charge is 2.60. The van der Waals surface area contributed by atoms with Crippen LogP contribution in [0.4, 0.5) is 17.6 Å². The van der Waals surface area contributed by atoms with Gasteiger partial charge >= 0.3 is 6.18 Å². The number of Topliss-reactive ketones (excluding diaryl/α,β-unsaturated/α-hetero) is 1. The molecule has 4 aliphatic heterocycles. The molecule has 1 aromatic carbocycles. The number of nitrogens with zero attached hydrogens (tertiary/aromatic N) is 3. The maximum atomic E-state index is 13.9. The fraction of sp³-hybridized carbons (Fsp3) is 0.600. The van der Waals surface area contributed by atoms with Gasteiger partial charge in [0.2, 0.25) is 0 Å². The van der Waals surface area contributed by atoms with E-state index >= 15 is 0 Å². The maximum Gasteiger partial charge on any atom is 0.399 e. The highest BCUT2D eigenvalue weighted by molar-refractivity contribution is 6.34. The second kappa shape index (κ2) is 7.40. The average molecular weight is 461 g/mol. The molecule has 0 radical (unpaired) electrons. The van der Waals surface area contributed by atoms with E-state index in [1.807, 2.05) is 4.90 Å². The lowest BCUT2D eigenvalue weighted by molar-refractivity contribution is -0.302. The van der Waals surface area contributed by atoms with Gasteiger partial charge in [0, 0.05) is 31.6 Å². The van der Waals surface area contributed by atoms with Crippen molar-refractivity contribution in [3.63, 3.8) is 0 Å². The molecule has 4 fully saturated rings. The van der Waals surface area contributed by atoms with E-state index in [1.54, 1.807) is 0 Å². The third-order valence-corrected chi connectivity index (χ3v) is 6.95. The van der Waals surface area contributed by atoms with Gasteiger partial charge < -0.3 is 9.72 Å². The number of H-pyrrole nitrogens is 1. The zero-order valence-electron chi connectivity index (χ0n) is 16.5. The molecule has 4 saturated heterocycles. The number of carbonyl (C=O) groups is 1. The number of benzene rings is 1. The maximum absolute atomic E-state index is 13.9. The molecule has 2 unspecified atom stereocenters. The Morgan fingerprint density at radius 3 is 2.58 bits per heavy atom. The number of rotatable bonds is 6. The van der Waals surface area contributed by atoms with E-state index < -0.39 is 42.8 Å². The van der Waals surface area contributed by atoms with Crippen molar-refractivity contribution in [2.75, 3.05) is 32.8 Å². The summed E-state index contributed by atoms with van der Waals surface area (Å²) in [6.07, 6.45) is -4.04. The van der Waals surface area contributed by atoms with E-state index in [-0.39, 0.29) is 24.1 Å². The molecule has 5 heterocycles. The second-order valence-electron chi connectivity index (χ2n) is 8.83. The summed E-state index contributed by atoms with van der Waals surface area (Å²) in [6, 6.07) is 2.99. The zero-order valence-corrected chi connectivity index (χ0v) is 17.3. The number of hydrogen-bond donors (Lipinski definition) is 1. The number of alkyl halides is 3. The number of aromatic amines is 1. The SMILES string of the molecule is O=C(CN1C2CC1CN(Cc1nc3c(F)ccc(Cl)c3[nH]1)C2)CC1(C(F)(F)F)COC1. The molecule has 31 heavy (non-hydrogen) atoms. The summed E-state index contributed by atoms with van der Waals surface area (Å²) < 4.78 is 58.5. The first kappa shape index (κ1) is 21.1. The number of ketones is 1. The van der Waals surface area contributed by atoms with Crippen molar-refractivity contribution in [3.05, 3.63) is 28.8 Å². The standard InChI is InChI=1S/C20H21ClF4N4O2/c21-14-1-2-15(22)18-17(14)26-16(27-18)8-28-5-11-3-12(6-28)29(11)7-13(30)4-19(9-31-10-19)20(23,24)25/h1-2,11-12H,3-10H2,(H,26,27). The highest BCUT2D eigenvalue weighted by atomic mass is 35.5. The Balaban J connectivity index is 1.18. The first-order valence-corrected chi connectivity index (χ1v) is 10.5. The number of halogens is 5. The van der Waals surface area contributed by atoms with Gasteiger partial charge in [0.05, 0.1) is 36.8 Å². The van der Waals surface area contributed by atoms with Crippen molar-refractivity contribution < 1.29 is 27.1 Å². The first-order chi connectivity index (χ1) is 14.6. The Morgan fingerprint density at radius 1 is 1.29 bits per heavy atom. The van der Waals surface area contributed by atoms with Gasteiger partial charge in [0.25, 0.3) is 0 Å². The molecule has 1 N–H and O–H groups in total. The minimum atomic E-state index is -4.43. The lowest BCUT2D eigenvalue weighted by atomic mass is 9.79. The molecule has 0 amide bonds. The molecular formula is C20H21ClF4N4O2. The van der Waals surface area contributed by atoms with Crippen LogP contribution >= 0.6 is 11.6 Å². The topological polar surface area (TPSA) is 61.5 Å². The molecule has 1 aromatic heterocycles. The number of fused-ring (bicyclic) bond motifs is 3. The molecule has 4 aliphatic rings. The smallest absolute Gasteiger partial charge is 0.379 e. The van der Waals surface area contributed by atoms with E-state index in [0.29, 0.717) is 36.0 Å². The first-order valence-electron chi connectivity index (χ1n) is 10.1. The Hall–Kier alpha value is -1.75. The summed E-state index contributed by atoms with van der Waals surface area (Å²) in [6.45, 7) is 0.978. The van der Waals surface area contributed by atoms with Crippen molar-refractivity contribution in [3.8, 4) is 0 Å². The molecule has 6 rings (SSSR count). The molecule has 0 spiro atoms. The molecule has 2 bridgehead atoms. The summed E-state index contributed by atoms with van der Waals surface area (Å²) in [4.78, 5) is 23.9. The van der Waals surface area contributed by atoms with E-state index in [2.05, 4.69) is 14.9 Å². The Labute approximate surface area is 180 Å². The van der Waals surface area contributed by atoms with Gasteiger partial charge in [-0.2, -0.15) is 13.2 Å². The van der Waals surface area contributed by atoms with Gasteiger partial charge in [-0.05, 0) is 18.6 Å². The van der Waals surface area contributed by atoms with Crippen LogP contribution in [0.3, 0.4) is 0 Å². The van der Waals surface area contributed by atoms with Gasteiger partial charge in [0.1, 0.15) is 22.5 Å². The summed E-state index contributed by atoms with van der Waals surface area (Å²) >= 11 is 6.10. The molecule has 0 aliphatic carbocycles. The second-order valence-corrected chi connectivity index (χ2v) is 9.24. The zero-order chi connectivity index (χ0) is 22.0. The van der Waals surface area contributed by atoms with Crippen LogP contribution in [0.15, 0.2) is 12.1 Å². The number of nitrogens with one attached hydrogen (secondary N) is 1. The quantitative estimate of drug-likeness (QED) is 0.671. The van der Waals surface area contributed by atoms with Crippen molar-refractivity contribution in [1.82, 2.24) is 19.8 Å². The molecule has 11 heteroatoms. The molecule has 2 atom stereocenters. The van der Waals surface area contributed by atoms with E-state index in [1.165, 1.54) is 12.1 Å². The molecule has 2 aromatic rings. The number of hydrogen-bond acceptors (Lipinski definition) is 5. The van der Waals surface area contributed by atoms with Crippen LogP contribution in [-0.4, -0.2) is 76.7 Å². The van der Waals surface area contributed by atoms with E-state index in [0.717, 1.165) is 6.42 Å². The van der Waals surface area contributed by atoms with E-state index in [9.17, 15) is 22.4 Å². The van der Waals surface area contributed by atoms with Crippen LogP contribution in [0.5, 0.6) is 0 Å². The van der Waals surface area contributed by atoms with Gasteiger partial charge in [-0.1, -0.05) is 11.6 Å². The third-order valence-electron chi connectivity index (χ3n) is 6.64. The van der Waals surface area contributed by atoms with Gasteiger partial charge in [0.15, 0.2) is 5.82 Å². The molecular weight excluding hydrogens is 440 g/mol. The van der Waals surface area contributed by atoms with Crippen LogP contribution in [0.25, 0.3) is 11.0 Å². The highest BCUT2D eigenvalue weighted by Crippen LogP contribution is 2.47. The molecule has 0 saturated carbocycles. The summed E-state index contributed by atoms with van der Waals surface area (Å²) in [7, 11) is 0. The number of piperazine rings is 1. The average Bonchev–Trinajstić information content (AvgIpc) is 3.10. The van der Waals surface area contributed by atoms with Crippen molar-refractivity contribution >= 4 is 28.4 Å². The monoisotopic (exact) mass is 460 g/mol. The summed E-state index contributed by atoms with van der Waals surface area (Å²) in [5.74, 6) is -0.240. The van der Waals surface area contributed by atoms with E-state index in [4.69, 9.17) is 16.3 Å². The van der Waals surface area contributed by atoms with Gasteiger partial charge in [-0.15, -0.1) is 0 Å². The summed E-state index contributed by atoms with van der Waals surface area (Å²) in [5, 5.41) is 0.398. The number of aromatic nitrogens is 2. The molecule has 168 valence electrons. The van der Waals surface area contributed by atoms with Crippen LogP contribution in [-0.2, 0) is 16.1 Å². The lowest BCUT2D eigenvalue weighted by Crippen LogP contribution is -2.69. The number of imidazole rings is 1. The number of ether oxygens (including phenoxy) is 1. The largest absolute Gasteiger partial charge is 0.399 e. The van der Waals surface area contributed by atoms with Crippen LogP contribution in [0.1, 0.15) is 18.7 Å². The van der Waals surface area contributed by atoms with Gasteiger partial charge in [-0.25, -0.2) is 9.37 Å². The normalized spacial score (nSPS) is 26.0. The van der Waals surface area contributed by atoms with Crippen LogP contribution in [0, 0.1) is 11.2 Å². The number of piperidine rings is 1. The fourth-order valence-corrected chi connectivity index (χ4v) is 5.08. The number of carbonyl (C=O) groups excluding carboxylic acids is 1. The van der Waals surface area contributed by atoms with Crippen LogP contribution in [0.2, 0.25) is 5.02 Å². The Kier molecular flexibility index (Phi) is 5.04. The third kappa shape index (κ3) is 3.63. The Bertz CT molecular complexity index is 972. The predicted molar refractivity (Wildman–Crippen MR) is 104 cm³/mol. The Morgan fingerprint density at radius 2 is 2.00 bits per heavy atom. The minimum absolute atomic E-state index is 0.0342. The minimum Gasteiger partial charge on any atom is -0.379 e. The van der Waals surface area contributed by atoms with Crippen molar-refractivity contribution in [2.45, 2.75) is 37.6 Å². The predicted octanol–water partition coefficient (Wildman–Crippen LogP) is 3.15. The van der Waals surface area contributed by atoms with Gasteiger partial charge in [-0.3, -0.25) is 14.6 Å². The molecule has 6 nitrogen and oxygen atoms in total. The van der Waals surface area contributed by atoms with Crippen molar-refractivity contribution in [1.29, 1.82) is 0 Å². The fourth-order valence-electron chi connectivity index (χ4n) is 4.88.